The fourth-order valence-electron chi connectivity index (χ4n) is 2.31. The minimum absolute atomic E-state index is 0.135. The predicted octanol–water partition coefficient (Wildman–Crippen LogP) is -0.115. The smallest absolute Gasteiger partial charge is 0.0897 e. The zero-order valence-corrected chi connectivity index (χ0v) is 11.2. The third kappa shape index (κ3) is 5.63. The van der Waals surface area contributed by atoms with Crippen LogP contribution in [0.5, 0.6) is 0 Å². The normalized spacial score (nSPS) is 26.5. The molecule has 4 N–H and O–H groups in total. The summed E-state index contributed by atoms with van der Waals surface area (Å²) >= 11 is 0. The van der Waals surface area contributed by atoms with Gasteiger partial charge in [0.15, 0.2) is 0 Å². The molecule has 1 aliphatic rings. The molecule has 1 aliphatic carbocycles. The van der Waals surface area contributed by atoms with E-state index in [2.05, 4.69) is 12.2 Å². The average molecular weight is 261 g/mol. The van der Waals surface area contributed by atoms with E-state index in [1.54, 1.807) is 0 Å². The number of hydrogen-bond donors (Lipinski definition) is 4. The van der Waals surface area contributed by atoms with Crippen molar-refractivity contribution in [3.63, 3.8) is 0 Å². The Hall–Kier alpha value is -0.200. The van der Waals surface area contributed by atoms with Gasteiger partial charge >= 0.3 is 0 Å². The van der Waals surface area contributed by atoms with Gasteiger partial charge in [0.1, 0.15) is 0 Å². The molecule has 0 aliphatic heterocycles. The summed E-state index contributed by atoms with van der Waals surface area (Å²) in [5.74, 6) is 0.571. The van der Waals surface area contributed by atoms with Crippen molar-refractivity contribution in [3.05, 3.63) is 0 Å². The molecule has 0 aromatic carbocycles. The SMILES string of the molecule is CC1CCCCC1OCC(O)CNC(CO)CO. The molecule has 0 spiro atoms. The second kappa shape index (κ2) is 8.82. The van der Waals surface area contributed by atoms with Gasteiger partial charge in [-0.15, -0.1) is 0 Å². The van der Waals surface area contributed by atoms with Crippen molar-refractivity contribution in [2.45, 2.75) is 50.9 Å². The molecule has 1 fully saturated rings. The highest BCUT2D eigenvalue weighted by Crippen LogP contribution is 2.26. The van der Waals surface area contributed by atoms with Crippen LogP contribution in [0.4, 0.5) is 0 Å². The summed E-state index contributed by atoms with van der Waals surface area (Å²) < 4.78 is 5.74. The quantitative estimate of drug-likeness (QED) is 0.490. The van der Waals surface area contributed by atoms with E-state index in [0.717, 1.165) is 6.42 Å². The van der Waals surface area contributed by atoms with Gasteiger partial charge in [0.2, 0.25) is 0 Å². The summed E-state index contributed by atoms with van der Waals surface area (Å²) in [6.45, 7) is 2.56. The molecule has 0 aromatic heterocycles. The van der Waals surface area contributed by atoms with Gasteiger partial charge in [0.05, 0.1) is 38.1 Å². The van der Waals surface area contributed by atoms with Crippen molar-refractivity contribution in [3.8, 4) is 0 Å². The maximum atomic E-state index is 9.76. The van der Waals surface area contributed by atoms with Crippen molar-refractivity contribution < 1.29 is 20.1 Å². The Morgan fingerprint density at radius 1 is 1.22 bits per heavy atom. The first-order valence-electron chi connectivity index (χ1n) is 6.92. The third-order valence-electron chi connectivity index (χ3n) is 3.62. The van der Waals surface area contributed by atoms with Crippen LogP contribution in [0, 0.1) is 5.92 Å². The Morgan fingerprint density at radius 3 is 2.50 bits per heavy atom. The van der Waals surface area contributed by atoms with Crippen LogP contribution in [0.3, 0.4) is 0 Å². The van der Waals surface area contributed by atoms with Crippen LogP contribution in [-0.2, 0) is 4.74 Å². The van der Waals surface area contributed by atoms with Crippen LogP contribution in [0.25, 0.3) is 0 Å². The molecular weight excluding hydrogens is 234 g/mol. The first-order valence-corrected chi connectivity index (χ1v) is 6.92. The molecule has 0 saturated heterocycles. The van der Waals surface area contributed by atoms with Crippen molar-refractivity contribution in [1.29, 1.82) is 0 Å². The number of rotatable bonds is 8. The van der Waals surface area contributed by atoms with Gasteiger partial charge in [0, 0.05) is 6.54 Å². The van der Waals surface area contributed by atoms with Gasteiger partial charge in [-0.05, 0) is 18.8 Å². The second-order valence-electron chi connectivity index (χ2n) is 5.26. The second-order valence-corrected chi connectivity index (χ2v) is 5.26. The zero-order chi connectivity index (χ0) is 13.4. The molecule has 0 amide bonds. The largest absolute Gasteiger partial charge is 0.395 e. The van der Waals surface area contributed by atoms with Crippen LogP contribution in [-0.4, -0.2) is 59.9 Å². The number of aliphatic hydroxyl groups is 3. The lowest BCUT2D eigenvalue weighted by molar-refractivity contribution is -0.0462. The summed E-state index contributed by atoms with van der Waals surface area (Å²) in [5, 5.41) is 30.4. The van der Waals surface area contributed by atoms with Crippen LogP contribution < -0.4 is 5.32 Å². The minimum Gasteiger partial charge on any atom is -0.395 e. The summed E-state index contributed by atoms with van der Waals surface area (Å²) in [5.41, 5.74) is 0. The van der Waals surface area contributed by atoms with E-state index < -0.39 is 6.10 Å². The van der Waals surface area contributed by atoms with Gasteiger partial charge in [-0.1, -0.05) is 19.8 Å². The number of nitrogens with one attached hydrogen (secondary N) is 1. The molecule has 1 saturated carbocycles. The summed E-state index contributed by atoms with van der Waals surface area (Å²) in [7, 11) is 0. The van der Waals surface area contributed by atoms with Gasteiger partial charge in [-0.25, -0.2) is 0 Å². The number of hydrogen-bond acceptors (Lipinski definition) is 5. The van der Waals surface area contributed by atoms with Crippen LogP contribution in [0.15, 0.2) is 0 Å². The monoisotopic (exact) mass is 261 g/mol. The van der Waals surface area contributed by atoms with Gasteiger partial charge in [-0.2, -0.15) is 0 Å². The molecule has 3 unspecified atom stereocenters. The average Bonchev–Trinajstić information content (AvgIpc) is 2.39. The van der Waals surface area contributed by atoms with Crippen molar-refractivity contribution in [2.24, 2.45) is 5.92 Å². The summed E-state index contributed by atoms with van der Waals surface area (Å²) in [6, 6.07) is -0.367. The molecule has 108 valence electrons. The number of ether oxygens (including phenoxy) is 1. The highest BCUT2D eigenvalue weighted by Gasteiger charge is 2.22. The predicted molar refractivity (Wildman–Crippen MR) is 69.3 cm³/mol. The van der Waals surface area contributed by atoms with E-state index in [1.165, 1.54) is 19.3 Å². The first kappa shape index (κ1) is 15.9. The van der Waals surface area contributed by atoms with Gasteiger partial charge in [0.25, 0.3) is 0 Å². The lowest BCUT2D eigenvalue weighted by Crippen LogP contribution is -2.42. The number of aliphatic hydroxyl groups excluding tert-OH is 3. The Kier molecular flexibility index (Phi) is 7.77. The standard InChI is InChI=1S/C13H27NO4/c1-10-4-2-3-5-13(10)18-9-12(17)6-14-11(7-15)8-16/h10-17H,2-9H2,1H3. The molecule has 5 nitrogen and oxygen atoms in total. The van der Waals surface area contributed by atoms with E-state index in [-0.39, 0.29) is 25.4 Å². The molecule has 5 heteroatoms. The van der Waals surface area contributed by atoms with E-state index in [0.29, 0.717) is 19.1 Å². The van der Waals surface area contributed by atoms with Crippen LogP contribution in [0.2, 0.25) is 0 Å². The molecule has 3 atom stereocenters. The topological polar surface area (TPSA) is 82.0 Å². The van der Waals surface area contributed by atoms with E-state index in [1.807, 2.05) is 0 Å². The highest BCUT2D eigenvalue weighted by molar-refractivity contribution is 4.74. The van der Waals surface area contributed by atoms with Crippen LogP contribution in [0.1, 0.15) is 32.6 Å². The fourth-order valence-corrected chi connectivity index (χ4v) is 2.31. The third-order valence-corrected chi connectivity index (χ3v) is 3.62. The molecular formula is C13H27NO4. The lowest BCUT2D eigenvalue weighted by atomic mass is 9.88. The van der Waals surface area contributed by atoms with Crippen molar-refractivity contribution >= 4 is 0 Å². The summed E-state index contributed by atoms with van der Waals surface area (Å²) in [6.07, 6.45) is 4.44. The molecule has 1 rings (SSSR count). The summed E-state index contributed by atoms with van der Waals surface area (Å²) in [4.78, 5) is 0. The molecule has 18 heavy (non-hydrogen) atoms. The molecule has 0 heterocycles. The van der Waals surface area contributed by atoms with E-state index in [4.69, 9.17) is 14.9 Å². The highest BCUT2D eigenvalue weighted by atomic mass is 16.5. The lowest BCUT2D eigenvalue weighted by Gasteiger charge is -2.29. The zero-order valence-electron chi connectivity index (χ0n) is 11.2. The molecule has 0 aromatic rings. The minimum atomic E-state index is -0.597. The van der Waals surface area contributed by atoms with Crippen LogP contribution >= 0.6 is 0 Å². The van der Waals surface area contributed by atoms with E-state index >= 15 is 0 Å². The van der Waals surface area contributed by atoms with Crippen molar-refractivity contribution in [1.82, 2.24) is 5.32 Å². The van der Waals surface area contributed by atoms with Gasteiger partial charge in [-0.3, -0.25) is 0 Å². The van der Waals surface area contributed by atoms with Gasteiger partial charge < -0.3 is 25.4 Å². The Morgan fingerprint density at radius 2 is 1.89 bits per heavy atom. The molecule has 0 bridgehead atoms. The Bertz CT molecular complexity index is 211. The Labute approximate surface area is 109 Å². The fraction of sp³-hybridized carbons (Fsp3) is 1.00. The maximum Gasteiger partial charge on any atom is 0.0897 e. The Balaban J connectivity index is 2.13. The van der Waals surface area contributed by atoms with E-state index in [9.17, 15) is 5.11 Å². The maximum absolute atomic E-state index is 9.76. The first-order chi connectivity index (χ1) is 8.67. The molecule has 0 radical (unpaired) electrons. The van der Waals surface area contributed by atoms with Crippen molar-refractivity contribution in [2.75, 3.05) is 26.4 Å².